The highest BCUT2D eigenvalue weighted by atomic mass is 16.4. The first-order valence-corrected chi connectivity index (χ1v) is 7.13. The lowest BCUT2D eigenvalue weighted by molar-refractivity contribution is -0.148. The van der Waals surface area contributed by atoms with Crippen LogP contribution in [-0.2, 0) is 9.59 Å². The van der Waals surface area contributed by atoms with Gasteiger partial charge in [0.05, 0.1) is 10.8 Å². The first-order chi connectivity index (χ1) is 9.63. The van der Waals surface area contributed by atoms with E-state index in [1.807, 2.05) is 0 Å². The van der Waals surface area contributed by atoms with E-state index in [4.69, 9.17) is 0 Å². The van der Waals surface area contributed by atoms with Crippen LogP contribution >= 0.6 is 0 Å². The predicted octanol–water partition coefficient (Wildman–Crippen LogP) is 0.701. The summed E-state index contributed by atoms with van der Waals surface area (Å²) in [6.07, 6.45) is 1.98. The van der Waals surface area contributed by atoms with Gasteiger partial charge in [-0.2, -0.15) is 0 Å². The first-order valence-electron chi connectivity index (χ1n) is 7.13. The quantitative estimate of drug-likeness (QED) is 0.599. The van der Waals surface area contributed by atoms with E-state index in [1.54, 1.807) is 27.8 Å². The van der Waals surface area contributed by atoms with Gasteiger partial charge in [0.15, 0.2) is 0 Å². The number of aliphatic carboxylic acids is 1. The van der Waals surface area contributed by atoms with E-state index in [0.29, 0.717) is 12.8 Å². The average molecular weight is 299 g/mol. The van der Waals surface area contributed by atoms with Crippen LogP contribution < -0.4 is 16.0 Å². The maximum absolute atomic E-state index is 11.9. The number of carbonyl (C=O) groups excluding carboxylic acids is 2. The fourth-order valence-electron chi connectivity index (χ4n) is 2.58. The van der Waals surface area contributed by atoms with Crippen molar-refractivity contribution in [3.63, 3.8) is 0 Å². The Morgan fingerprint density at radius 1 is 1.33 bits per heavy atom. The molecular formula is C14H25N3O4. The molecule has 3 amide bonds. The average Bonchev–Trinajstić information content (AvgIpc) is 2.78. The van der Waals surface area contributed by atoms with E-state index in [1.165, 1.54) is 0 Å². The van der Waals surface area contributed by atoms with Crippen molar-refractivity contribution in [3.8, 4) is 0 Å². The van der Waals surface area contributed by atoms with E-state index in [2.05, 4.69) is 16.0 Å². The van der Waals surface area contributed by atoms with Gasteiger partial charge in [-0.15, -0.1) is 0 Å². The Balaban J connectivity index is 2.55. The zero-order chi connectivity index (χ0) is 16.3. The number of nitrogens with one attached hydrogen (secondary N) is 3. The van der Waals surface area contributed by atoms with Gasteiger partial charge in [0.25, 0.3) is 0 Å². The molecular weight excluding hydrogens is 274 g/mol. The van der Waals surface area contributed by atoms with Crippen LogP contribution in [0, 0.1) is 10.8 Å². The van der Waals surface area contributed by atoms with Crippen molar-refractivity contribution in [3.05, 3.63) is 0 Å². The molecule has 0 bridgehead atoms. The number of rotatable bonds is 5. The molecule has 0 radical (unpaired) electrons. The molecule has 1 aliphatic rings. The normalized spacial score (nSPS) is 25.2. The number of urea groups is 1. The molecule has 0 aromatic heterocycles. The molecule has 120 valence electrons. The third-order valence-corrected chi connectivity index (χ3v) is 4.28. The van der Waals surface area contributed by atoms with E-state index in [-0.39, 0.29) is 12.5 Å². The standard InChI is InChI=1S/C14H25N3O4/c1-13(2,10(18)15-4)8-16-12(21)17-9-6-5-7-14(9,3)11(19)20/h9H,5-8H2,1-4H3,(H,15,18)(H,19,20)(H2,16,17,21). The van der Waals surface area contributed by atoms with Gasteiger partial charge < -0.3 is 21.1 Å². The summed E-state index contributed by atoms with van der Waals surface area (Å²) in [5, 5.41) is 17.2. The maximum Gasteiger partial charge on any atom is 0.315 e. The topological polar surface area (TPSA) is 108 Å². The number of hydrogen-bond acceptors (Lipinski definition) is 3. The van der Waals surface area contributed by atoms with Crippen molar-refractivity contribution >= 4 is 17.9 Å². The number of carbonyl (C=O) groups is 3. The van der Waals surface area contributed by atoms with Crippen molar-refractivity contribution in [2.75, 3.05) is 13.6 Å². The van der Waals surface area contributed by atoms with Crippen molar-refractivity contribution in [1.29, 1.82) is 0 Å². The molecule has 1 aliphatic carbocycles. The van der Waals surface area contributed by atoms with Crippen molar-refractivity contribution in [2.24, 2.45) is 10.8 Å². The van der Waals surface area contributed by atoms with E-state index in [9.17, 15) is 19.5 Å². The molecule has 0 aliphatic heterocycles. The molecule has 0 spiro atoms. The summed E-state index contributed by atoms with van der Waals surface area (Å²) in [7, 11) is 1.54. The minimum Gasteiger partial charge on any atom is -0.481 e. The van der Waals surface area contributed by atoms with Crippen LogP contribution in [0.2, 0.25) is 0 Å². The third-order valence-electron chi connectivity index (χ3n) is 4.28. The van der Waals surface area contributed by atoms with Crippen LogP contribution in [0.4, 0.5) is 4.79 Å². The monoisotopic (exact) mass is 299 g/mol. The van der Waals surface area contributed by atoms with Gasteiger partial charge in [0.1, 0.15) is 0 Å². The smallest absolute Gasteiger partial charge is 0.315 e. The van der Waals surface area contributed by atoms with Crippen LogP contribution in [0.15, 0.2) is 0 Å². The summed E-state index contributed by atoms with van der Waals surface area (Å²) in [6.45, 7) is 5.28. The Bertz CT molecular complexity index is 436. The summed E-state index contributed by atoms with van der Waals surface area (Å²) in [6, 6.07) is -0.829. The largest absolute Gasteiger partial charge is 0.481 e. The Hall–Kier alpha value is -1.79. The number of carboxylic acids is 1. The summed E-state index contributed by atoms with van der Waals surface area (Å²) < 4.78 is 0. The fraction of sp³-hybridized carbons (Fsp3) is 0.786. The fourth-order valence-corrected chi connectivity index (χ4v) is 2.58. The molecule has 7 nitrogen and oxygen atoms in total. The lowest BCUT2D eigenvalue weighted by Gasteiger charge is -2.29. The van der Waals surface area contributed by atoms with Gasteiger partial charge in [0, 0.05) is 19.6 Å². The molecule has 0 aromatic carbocycles. The second-order valence-corrected chi connectivity index (χ2v) is 6.46. The Morgan fingerprint density at radius 3 is 2.48 bits per heavy atom. The van der Waals surface area contributed by atoms with Crippen LogP contribution in [0.1, 0.15) is 40.0 Å². The van der Waals surface area contributed by atoms with E-state index >= 15 is 0 Å². The molecule has 1 rings (SSSR count). The highest BCUT2D eigenvalue weighted by molar-refractivity contribution is 5.83. The molecule has 2 atom stereocenters. The Kier molecular flexibility index (Phi) is 5.20. The minimum atomic E-state index is -0.923. The number of carboxylic acid groups (broad SMARTS) is 1. The molecule has 0 heterocycles. The zero-order valence-electron chi connectivity index (χ0n) is 13.1. The van der Waals surface area contributed by atoms with Crippen molar-refractivity contribution < 1.29 is 19.5 Å². The second kappa shape index (κ2) is 6.32. The van der Waals surface area contributed by atoms with Gasteiger partial charge in [-0.05, 0) is 33.6 Å². The Morgan fingerprint density at radius 2 is 1.95 bits per heavy atom. The lowest BCUT2D eigenvalue weighted by Crippen LogP contribution is -2.52. The zero-order valence-corrected chi connectivity index (χ0v) is 13.1. The minimum absolute atomic E-state index is 0.168. The molecule has 1 saturated carbocycles. The van der Waals surface area contributed by atoms with Gasteiger partial charge in [-0.3, -0.25) is 9.59 Å². The first kappa shape index (κ1) is 17.3. The van der Waals surface area contributed by atoms with E-state index < -0.39 is 28.9 Å². The maximum atomic E-state index is 11.9. The van der Waals surface area contributed by atoms with Gasteiger partial charge in [0.2, 0.25) is 5.91 Å². The number of hydrogen-bond donors (Lipinski definition) is 4. The van der Waals surface area contributed by atoms with Crippen molar-refractivity contribution in [1.82, 2.24) is 16.0 Å². The second-order valence-electron chi connectivity index (χ2n) is 6.46. The van der Waals surface area contributed by atoms with Gasteiger partial charge >= 0.3 is 12.0 Å². The molecule has 1 fully saturated rings. The van der Waals surface area contributed by atoms with Crippen LogP contribution in [0.3, 0.4) is 0 Å². The lowest BCUT2D eigenvalue weighted by atomic mass is 9.85. The SMILES string of the molecule is CNC(=O)C(C)(C)CNC(=O)NC1CCCC1(C)C(=O)O. The van der Waals surface area contributed by atoms with Crippen LogP contribution in [0.25, 0.3) is 0 Å². The highest BCUT2D eigenvalue weighted by Crippen LogP contribution is 2.38. The summed E-state index contributed by atoms with van der Waals surface area (Å²) in [5.41, 5.74) is -1.65. The van der Waals surface area contributed by atoms with E-state index in [0.717, 1.165) is 6.42 Å². The molecule has 4 N–H and O–H groups in total. The summed E-state index contributed by atoms with van der Waals surface area (Å²) in [5.74, 6) is -1.06. The van der Waals surface area contributed by atoms with Crippen LogP contribution in [0.5, 0.6) is 0 Å². The predicted molar refractivity (Wildman–Crippen MR) is 77.8 cm³/mol. The molecule has 7 heteroatoms. The van der Waals surface area contributed by atoms with Crippen LogP contribution in [-0.4, -0.2) is 42.6 Å². The Labute approximate surface area is 124 Å². The molecule has 0 saturated heterocycles. The summed E-state index contributed by atoms with van der Waals surface area (Å²) in [4.78, 5) is 34.9. The van der Waals surface area contributed by atoms with Crippen molar-refractivity contribution in [2.45, 2.75) is 46.1 Å². The highest BCUT2D eigenvalue weighted by Gasteiger charge is 2.46. The molecule has 0 aromatic rings. The van der Waals surface area contributed by atoms with Gasteiger partial charge in [-0.25, -0.2) is 4.79 Å². The van der Waals surface area contributed by atoms with Gasteiger partial charge in [-0.1, -0.05) is 6.42 Å². The number of amides is 3. The summed E-state index contributed by atoms with van der Waals surface area (Å²) >= 11 is 0. The molecule has 21 heavy (non-hydrogen) atoms. The third kappa shape index (κ3) is 3.86. The molecule has 2 unspecified atom stereocenters.